The second-order valence-corrected chi connectivity index (χ2v) is 11.3. The number of fused-ring (bicyclic) bond motifs is 1. The lowest BCUT2D eigenvalue weighted by Gasteiger charge is -2.25. The van der Waals surface area contributed by atoms with Crippen LogP contribution in [0.1, 0.15) is 52.0 Å². The Hall–Kier alpha value is -2.34. The third-order valence-corrected chi connectivity index (χ3v) is 8.34. The van der Waals surface area contributed by atoms with Crippen molar-refractivity contribution in [3.05, 3.63) is 29.8 Å². The highest BCUT2D eigenvalue weighted by atomic mass is 32.2. The third kappa shape index (κ3) is 6.46. The van der Waals surface area contributed by atoms with Crippen LogP contribution in [-0.2, 0) is 25.7 Å². The first-order valence-electron chi connectivity index (χ1n) is 11.8. The number of nitrogens with one attached hydrogen (secondary N) is 2. The number of carbonyl (C=O) groups is 2. The summed E-state index contributed by atoms with van der Waals surface area (Å²) >= 11 is 0. The smallest absolute Gasteiger partial charge is 0.416 e. The summed E-state index contributed by atoms with van der Waals surface area (Å²) in [5.74, 6) is -0.427. The average Bonchev–Trinajstić information content (AvgIpc) is 3.35. The number of hydrogen-bond donors (Lipinski definition) is 2. The molecule has 1 heterocycles. The first-order valence-corrected chi connectivity index (χ1v) is 13.2. The molecule has 0 bridgehead atoms. The number of sulfonamides is 1. The van der Waals surface area contributed by atoms with Crippen molar-refractivity contribution in [1.29, 1.82) is 0 Å². The van der Waals surface area contributed by atoms with Crippen LogP contribution >= 0.6 is 0 Å². The summed E-state index contributed by atoms with van der Waals surface area (Å²) in [4.78, 5) is 24.7. The molecule has 1 aromatic carbocycles. The number of nitrogens with zero attached hydrogens (tertiary/aromatic N) is 1. The highest BCUT2D eigenvalue weighted by Gasteiger charge is 2.47. The van der Waals surface area contributed by atoms with Gasteiger partial charge in [0.05, 0.1) is 16.6 Å². The molecule has 1 saturated heterocycles. The number of hydrogen-bond acceptors (Lipinski definition) is 5. The van der Waals surface area contributed by atoms with E-state index in [-0.39, 0.29) is 47.9 Å². The molecule has 2 fully saturated rings. The number of amides is 2. The maximum atomic E-state index is 13.1. The number of alkyl halides is 3. The van der Waals surface area contributed by atoms with E-state index < -0.39 is 33.9 Å². The van der Waals surface area contributed by atoms with E-state index in [4.69, 9.17) is 4.74 Å². The summed E-state index contributed by atoms with van der Waals surface area (Å²) in [5.41, 5.74) is -0.912. The summed E-state index contributed by atoms with van der Waals surface area (Å²) in [6, 6.07) is 2.45. The van der Waals surface area contributed by atoms with Crippen LogP contribution in [0.5, 0.6) is 0 Å². The molecule has 0 aromatic heterocycles. The summed E-state index contributed by atoms with van der Waals surface area (Å²) in [7, 11) is -3.97. The monoisotopic (exact) mass is 519 g/mol. The Morgan fingerprint density at radius 1 is 1.14 bits per heavy atom. The zero-order chi connectivity index (χ0) is 26.0. The first-order chi connectivity index (χ1) is 16.3. The van der Waals surface area contributed by atoms with Crippen LogP contribution in [0.3, 0.4) is 0 Å². The molecule has 1 aromatic rings. The van der Waals surface area contributed by atoms with Crippen LogP contribution < -0.4 is 10.6 Å². The molecule has 3 unspecified atom stereocenters. The average molecular weight is 520 g/mol. The molecule has 0 spiro atoms. The fraction of sp³-hybridized carbons (Fsp3) is 0.652. The van der Waals surface area contributed by atoms with Crippen molar-refractivity contribution in [2.45, 2.75) is 75.7 Å². The van der Waals surface area contributed by atoms with E-state index in [1.165, 1.54) is 4.31 Å². The summed E-state index contributed by atoms with van der Waals surface area (Å²) < 4.78 is 70.9. The van der Waals surface area contributed by atoms with E-state index in [1.54, 1.807) is 13.8 Å². The second kappa shape index (κ2) is 10.7. The van der Waals surface area contributed by atoms with Crippen LogP contribution in [0.15, 0.2) is 29.2 Å². The van der Waals surface area contributed by atoms with E-state index in [2.05, 4.69) is 10.6 Å². The Labute approximate surface area is 203 Å². The zero-order valence-corrected chi connectivity index (χ0v) is 20.8. The molecule has 2 amide bonds. The van der Waals surface area contributed by atoms with Gasteiger partial charge in [-0.1, -0.05) is 13.3 Å². The molecule has 1 saturated carbocycles. The Morgan fingerprint density at radius 3 is 2.37 bits per heavy atom. The maximum absolute atomic E-state index is 13.1. The molecule has 196 valence electrons. The van der Waals surface area contributed by atoms with Gasteiger partial charge in [0.15, 0.2) is 0 Å². The highest BCUT2D eigenvalue weighted by Crippen LogP contribution is 2.40. The van der Waals surface area contributed by atoms with Gasteiger partial charge in [0.2, 0.25) is 15.9 Å². The minimum atomic E-state index is -4.55. The van der Waals surface area contributed by atoms with E-state index >= 15 is 0 Å². The fourth-order valence-electron chi connectivity index (χ4n) is 4.80. The van der Waals surface area contributed by atoms with Crippen LogP contribution in [0, 0.1) is 11.8 Å². The van der Waals surface area contributed by atoms with Crippen molar-refractivity contribution < 1.29 is 35.9 Å². The van der Waals surface area contributed by atoms with Crippen molar-refractivity contribution in [2.75, 3.05) is 13.1 Å². The quantitative estimate of drug-likeness (QED) is 0.547. The van der Waals surface area contributed by atoms with E-state index in [0.717, 1.165) is 30.7 Å². The summed E-state index contributed by atoms with van der Waals surface area (Å²) in [6.07, 6.45) is -3.06. The van der Waals surface area contributed by atoms with Gasteiger partial charge in [0, 0.05) is 19.1 Å². The predicted octanol–water partition coefficient (Wildman–Crippen LogP) is 3.52. The topological polar surface area (TPSA) is 105 Å². The van der Waals surface area contributed by atoms with Gasteiger partial charge in [0.1, 0.15) is 6.04 Å². The normalized spacial score (nSPS) is 23.7. The van der Waals surface area contributed by atoms with Gasteiger partial charge < -0.3 is 15.4 Å². The molecule has 2 aliphatic rings. The Bertz CT molecular complexity index is 1010. The number of rotatable bonds is 8. The number of alkyl carbamates (subject to hydrolysis) is 1. The van der Waals surface area contributed by atoms with Crippen LogP contribution in [-0.4, -0.2) is 56.0 Å². The minimum absolute atomic E-state index is 0.0352. The van der Waals surface area contributed by atoms with Gasteiger partial charge in [-0.25, -0.2) is 13.2 Å². The molecule has 4 atom stereocenters. The van der Waals surface area contributed by atoms with E-state index in [0.29, 0.717) is 19.3 Å². The number of halogens is 3. The Morgan fingerprint density at radius 2 is 1.80 bits per heavy atom. The largest absolute Gasteiger partial charge is 0.447 e. The SMILES string of the molecule is CCC[C@H](NC(=O)OC(C)C)C(=O)NC1CCC2CN(S(=O)(=O)c3ccc(C(F)(F)F)cc3)CC21. The van der Waals surface area contributed by atoms with Gasteiger partial charge >= 0.3 is 12.3 Å². The Balaban J connectivity index is 1.65. The molecule has 0 radical (unpaired) electrons. The minimum Gasteiger partial charge on any atom is -0.447 e. The van der Waals surface area contributed by atoms with E-state index in [1.807, 2.05) is 6.92 Å². The zero-order valence-electron chi connectivity index (χ0n) is 20.0. The van der Waals surface area contributed by atoms with Crippen molar-refractivity contribution in [2.24, 2.45) is 11.8 Å². The maximum Gasteiger partial charge on any atom is 0.416 e. The molecular formula is C23H32F3N3O5S. The first kappa shape index (κ1) is 27.3. The van der Waals surface area contributed by atoms with Gasteiger partial charge in [0.25, 0.3) is 0 Å². The van der Waals surface area contributed by atoms with Crippen molar-refractivity contribution in [3.8, 4) is 0 Å². The highest BCUT2D eigenvalue weighted by molar-refractivity contribution is 7.89. The molecule has 8 nitrogen and oxygen atoms in total. The molecule has 1 aliphatic carbocycles. The molecular weight excluding hydrogens is 487 g/mol. The number of ether oxygens (including phenoxy) is 1. The summed E-state index contributed by atoms with van der Waals surface area (Å²) in [6.45, 7) is 5.72. The van der Waals surface area contributed by atoms with Gasteiger partial charge in [-0.2, -0.15) is 17.5 Å². The van der Waals surface area contributed by atoms with Crippen molar-refractivity contribution in [1.82, 2.24) is 14.9 Å². The second-order valence-electron chi connectivity index (χ2n) is 9.40. The van der Waals surface area contributed by atoms with Crippen LogP contribution in [0.4, 0.5) is 18.0 Å². The van der Waals surface area contributed by atoms with Crippen LogP contribution in [0.2, 0.25) is 0 Å². The summed E-state index contributed by atoms with van der Waals surface area (Å²) in [5, 5.41) is 5.57. The number of benzene rings is 1. The lowest BCUT2D eigenvalue weighted by atomic mass is 9.97. The molecule has 2 N–H and O–H groups in total. The Kier molecular flexibility index (Phi) is 8.36. The standard InChI is InChI=1S/C23H32F3N3O5S/c1-4-5-20(28-22(31)34-14(2)3)21(30)27-19-11-6-15-12-29(13-18(15)19)35(32,33)17-9-7-16(8-10-17)23(24,25)26/h7-10,14-15,18-20H,4-6,11-13H2,1-3H3,(H,27,30)(H,28,31)/t15?,18?,19?,20-/m0/s1. The van der Waals surface area contributed by atoms with Crippen LogP contribution in [0.25, 0.3) is 0 Å². The van der Waals surface area contributed by atoms with Crippen molar-refractivity contribution >= 4 is 22.0 Å². The van der Waals surface area contributed by atoms with Gasteiger partial charge in [-0.15, -0.1) is 0 Å². The molecule has 1 aliphatic heterocycles. The third-order valence-electron chi connectivity index (χ3n) is 6.50. The van der Waals surface area contributed by atoms with Gasteiger partial charge in [-0.3, -0.25) is 4.79 Å². The predicted molar refractivity (Wildman–Crippen MR) is 122 cm³/mol. The van der Waals surface area contributed by atoms with Gasteiger partial charge in [-0.05, 0) is 69.2 Å². The lowest BCUT2D eigenvalue weighted by Crippen LogP contribution is -2.51. The van der Waals surface area contributed by atoms with Crippen molar-refractivity contribution in [3.63, 3.8) is 0 Å². The number of carbonyl (C=O) groups excluding carboxylic acids is 2. The molecule has 35 heavy (non-hydrogen) atoms. The van der Waals surface area contributed by atoms with E-state index in [9.17, 15) is 31.2 Å². The lowest BCUT2D eigenvalue weighted by molar-refractivity contribution is -0.137. The molecule has 3 rings (SSSR count). The molecule has 12 heteroatoms. The fourth-order valence-corrected chi connectivity index (χ4v) is 6.33.